The summed E-state index contributed by atoms with van der Waals surface area (Å²) in [5.74, 6) is -0.303. The molecule has 22 heavy (non-hydrogen) atoms. The van der Waals surface area contributed by atoms with Crippen LogP contribution in [0.4, 0.5) is 5.69 Å². The van der Waals surface area contributed by atoms with Gasteiger partial charge in [0.1, 0.15) is 6.04 Å². The molecular weight excluding hydrogens is 302 g/mol. The summed E-state index contributed by atoms with van der Waals surface area (Å²) in [7, 11) is 0. The van der Waals surface area contributed by atoms with Crippen LogP contribution in [0.25, 0.3) is 0 Å². The Morgan fingerprint density at radius 1 is 1.41 bits per heavy atom. The van der Waals surface area contributed by atoms with Crippen LogP contribution in [-0.4, -0.2) is 29.9 Å². The van der Waals surface area contributed by atoms with E-state index in [2.05, 4.69) is 5.32 Å². The van der Waals surface area contributed by atoms with Crippen molar-refractivity contribution in [2.24, 2.45) is 5.73 Å². The third-order valence-corrected chi connectivity index (χ3v) is 3.84. The molecule has 3 unspecified atom stereocenters. The summed E-state index contributed by atoms with van der Waals surface area (Å²) in [6.45, 7) is 3.97. The fourth-order valence-electron chi connectivity index (χ4n) is 2.74. The maximum atomic E-state index is 12.5. The van der Waals surface area contributed by atoms with E-state index < -0.39 is 12.1 Å². The Labute approximate surface area is 137 Å². The lowest BCUT2D eigenvalue weighted by Gasteiger charge is -2.21. The van der Waals surface area contributed by atoms with Crippen LogP contribution in [0.2, 0.25) is 0 Å². The topological polar surface area (TPSA) is 75.4 Å². The molecule has 1 aliphatic rings. The van der Waals surface area contributed by atoms with E-state index in [1.54, 1.807) is 4.90 Å². The van der Waals surface area contributed by atoms with Crippen molar-refractivity contribution in [1.82, 2.24) is 5.32 Å². The van der Waals surface area contributed by atoms with Crippen LogP contribution in [0.3, 0.4) is 0 Å². The molecule has 1 saturated heterocycles. The molecule has 3 atom stereocenters. The lowest BCUT2D eigenvalue weighted by molar-refractivity contribution is -0.127. The number of halogens is 1. The number of hydrogen-bond acceptors (Lipinski definition) is 3. The molecule has 0 aromatic heterocycles. The van der Waals surface area contributed by atoms with E-state index in [4.69, 9.17) is 5.73 Å². The van der Waals surface area contributed by atoms with Gasteiger partial charge in [0, 0.05) is 11.7 Å². The van der Waals surface area contributed by atoms with Crippen molar-refractivity contribution < 1.29 is 9.59 Å². The zero-order valence-corrected chi connectivity index (χ0v) is 13.8. The minimum absolute atomic E-state index is 0. The number of anilines is 1. The van der Waals surface area contributed by atoms with E-state index in [1.807, 2.05) is 44.2 Å². The maximum absolute atomic E-state index is 12.5. The van der Waals surface area contributed by atoms with Gasteiger partial charge in [-0.2, -0.15) is 0 Å². The molecule has 1 aromatic carbocycles. The second-order valence-electron chi connectivity index (χ2n) is 5.58. The highest BCUT2D eigenvalue weighted by molar-refractivity contribution is 6.02. The Balaban J connectivity index is 0.00000242. The summed E-state index contributed by atoms with van der Waals surface area (Å²) in [6.07, 6.45) is 2.09. The monoisotopic (exact) mass is 325 g/mol. The van der Waals surface area contributed by atoms with Gasteiger partial charge in [0.2, 0.25) is 11.8 Å². The highest BCUT2D eigenvalue weighted by Crippen LogP contribution is 2.26. The minimum Gasteiger partial charge on any atom is -0.343 e. The Morgan fingerprint density at radius 2 is 2.05 bits per heavy atom. The van der Waals surface area contributed by atoms with Gasteiger partial charge < -0.3 is 16.0 Å². The Hall–Kier alpha value is -1.59. The molecule has 1 aromatic rings. The van der Waals surface area contributed by atoms with Crippen molar-refractivity contribution in [3.8, 4) is 0 Å². The first-order chi connectivity index (χ1) is 10.0. The van der Waals surface area contributed by atoms with Gasteiger partial charge in [0.25, 0.3) is 0 Å². The highest BCUT2D eigenvalue weighted by Gasteiger charge is 2.39. The summed E-state index contributed by atoms with van der Waals surface area (Å²) in [5.41, 5.74) is 6.66. The molecular formula is C16H24ClN3O2. The van der Waals surface area contributed by atoms with Crippen molar-refractivity contribution in [2.75, 3.05) is 4.90 Å². The molecule has 5 nitrogen and oxygen atoms in total. The Morgan fingerprint density at radius 3 is 2.64 bits per heavy atom. The largest absolute Gasteiger partial charge is 0.343 e. The van der Waals surface area contributed by atoms with Crippen molar-refractivity contribution in [3.05, 3.63) is 30.3 Å². The zero-order valence-electron chi connectivity index (χ0n) is 13.0. The van der Waals surface area contributed by atoms with Gasteiger partial charge in [-0.15, -0.1) is 12.4 Å². The van der Waals surface area contributed by atoms with Gasteiger partial charge in [-0.3, -0.25) is 9.59 Å². The molecule has 0 saturated carbocycles. The number of carbonyl (C=O) groups excluding carboxylic acids is 2. The third kappa shape index (κ3) is 3.99. The quantitative estimate of drug-likeness (QED) is 0.867. The fourth-order valence-corrected chi connectivity index (χ4v) is 2.74. The van der Waals surface area contributed by atoms with Gasteiger partial charge in [-0.25, -0.2) is 0 Å². The lowest BCUT2D eigenvalue weighted by Crippen LogP contribution is -2.48. The minimum atomic E-state index is -0.538. The van der Waals surface area contributed by atoms with Crippen LogP contribution in [0, 0.1) is 0 Å². The van der Waals surface area contributed by atoms with E-state index in [0.717, 1.165) is 12.1 Å². The van der Waals surface area contributed by atoms with Crippen LogP contribution in [0.1, 0.15) is 33.1 Å². The predicted octanol–water partition coefficient (Wildman–Crippen LogP) is 1.85. The molecule has 0 bridgehead atoms. The SMILES string of the molecule is CCCC(N)C(=O)NC1CC(C)N(c2ccccc2)C1=O.Cl. The van der Waals surface area contributed by atoms with Gasteiger partial charge in [0.15, 0.2) is 0 Å². The fraction of sp³-hybridized carbons (Fsp3) is 0.500. The summed E-state index contributed by atoms with van der Waals surface area (Å²) in [6, 6.07) is 8.57. The number of carbonyl (C=O) groups is 2. The molecule has 2 amide bonds. The van der Waals surface area contributed by atoms with Gasteiger partial charge in [-0.1, -0.05) is 31.5 Å². The van der Waals surface area contributed by atoms with Crippen LogP contribution >= 0.6 is 12.4 Å². The average molecular weight is 326 g/mol. The number of nitrogens with two attached hydrogens (primary N) is 1. The van der Waals surface area contributed by atoms with Crippen molar-refractivity contribution in [2.45, 2.75) is 51.2 Å². The molecule has 2 rings (SSSR count). The van der Waals surface area contributed by atoms with Gasteiger partial charge in [-0.05, 0) is 31.9 Å². The van der Waals surface area contributed by atoms with E-state index in [-0.39, 0.29) is 30.3 Å². The standard InChI is InChI=1S/C16H23N3O2.ClH/c1-3-7-13(17)15(20)18-14-10-11(2)19(16(14)21)12-8-5-4-6-9-12;/h4-6,8-9,11,13-14H,3,7,10,17H2,1-2H3,(H,18,20);1H. The molecule has 1 fully saturated rings. The average Bonchev–Trinajstić information content (AvgIpc) is 2.74. The molecule has 3 N–H and O–H groups in total. The second kappa shape index (κ2) is 8.15. The van der Waals surface area contributed by atoms with Crippen LogP contribution < -0.4 is 16.0 Å². The molecule has 1 aliphatic heterocycles. The number of para-hydroxylation sites is 1. The molecule has 0 aliphatic carbocycles. The van der Waals surface area contributed by atoms with Crippen molar-refractivity contribution in [3.63, 3.8) is 0 Å². The summed E-state index contributed by atoms with van der Waals surface area (Å²) < 4.78 is 0. The van der Waals surface area contributed by atoms with Crippen LogP contribution in [0.15, 0.2) is 30.3 Å². The normalized spacial score (nSPS) is 22.1. The molecule has 6 heteroatoms. The van der Waals surface area contributed by atoms with Crippen molar-refractivity contribution in [1.29, 1.82) is 0 Å². The zero-order chi connectivity index (χ0) is 15.4. The van der Waals surface area contributed by atoms with E-state index in [1.165, 1.54) is 0 Å². The highest BCUT2D eigenvalue weighted by atomic mass is 35.5. The van der Waals surface area contributed by atoms with E-state index >= 15 is 0 Å². The molecule has 122 valence electrons. The second-order valence-corrected chi connectivity index (χ2v) is 5.58. The number of nitrogens with one attached hydrogen (secondary N) is 1. The van der Waals surface area contributed by atoms with E-state index in [0.29, 0.717) is 12.8 Å². The first-order valence-corrected chi connectivity index (χ1v) is 7.48. The lowest BCUT2D eigenvalue weighted by atomic mass is 10.1. The number of rotatable bonds is 5. The number of hydrogen-bond donors (Lipinski definition) is 2. The summed E-state index contributed by atoms with van der Waals surface area (Å²) >= 11 is 0. The summed E-state index contributed by atoms with van der Waals surface area (Å²) in [5, 5.41) is 2.79. The van der Waals surface area contributed by atoms with Crippen LogP contribution in [-0.2, 0) is 9.59 Å². The maximum Gasteiger partial charge on any atom is 0.249 e. The molecule has 0 spiro atoms. The first kappa shape index (κ1) is 18.5. The predicted molar refractivity (Wildman–Crippen MR) is 90.1 cm³/mol. The van der Waals surface area contributed by atoms with Crippen molar-refractivity contribution >= 4 is 29.9 Å². The van der Waals surface area contributed by atoms with Crippen LogP contribution in [0.5, 0.6) is 0 Å². The van der Waals surface area contributed by atoms with Gasteiger partial charge in [0.05, 0.1) is 6.04 Å². The Bertz CT molecular complexity index is 509. The number of benzene rings is 1. The Kier molecular flexibility index (Phi) is 6.84. The van der Waals surface area contributed by atoms with E-state index in [9.17, 15) is 9.59 Å². The first-order valence-electron chi connectivity index (χ1n) is 7.48. The smallest absolute Gasteiger partial charge is 0.249 e. The summed E-state index contributed by atoms with van der Waals surface area (Å²) in [4.78, 5) is 26.2. The molecule has 0 radical (unpaired) electrons. The van der Waals surface area contributed by atoms with Gasteiger partial charge >= 0.3 is 0 Å². The third-order valence-electron chi connectivity index (χ3n) is 3.84. The number of amides is 2. The number of nitrogens with zero attached hydrogens (tertiary/aromatic N) is 1. The molecule has 1 heterocycles.